The fourth-order valence-corrected chi connectivity index (χ4v) is 8.18. The highest BCUT2D eigenvalue weighted by Gasteiger charge is 2.26. The molecule has 46 heavy (non-hydrogen) atoms. The Morgan fingerprint density at radius 1 is 0.500 bits per heavy atom. The molecule has 4 nitrogen and oxygen atoms in total. The number of thiophene rings is 1. The Morgan fingerprint density at radius 2 is 1.20 bits per heavy atom. The molecular formula is C40H24BNO3S. The van der Waals surface area contributed by atoms with Gasteiger partial charge in [-0.3, -0.25) is 0 Å². The van der Waals surface area contributed by atoms with E-state index >= 15 is 0 Å². The molecule has 2 radical (unpaired) electrons. The van der Waals surface area contributed by atoms with E-state index in [1.165, 1.54) is 11.3 Å². The second kappa shape index (κ2) is 9.89. The Labute approximate surface area is 269 Å². The summed E-state index contributed by atoms with van der Waals surface area (Å²) in [6.45, 7) is 0. The first-order valence-electron chi connectivity index (χ1n) is 15.0. The van der Waals surface area contributed by atoms with Gasteiger partial charge in [-0.15, -0.1) is 11.3 Å². The highest BCUT2D eigenvalue weighted by molar-refractivity contribution is 7.27. The van der Waals surface area contributed by atoms with Gasteiger partial charge in [0.2, 0.25) is 0 Å². The molecule has 9 aromatic rings. The van der Waals surface area contributed by atoms with Crippen molar-refractivity contribution >= 4 is 77.4 Å². The number of rotatable bonds is 3. The van der Waals surface area contributed by atoms with Crippen LogP contribution in [0.25, 0.3) is 80.7 Å². The second-order valence-corrected chi connectivity index (χ2v) is 12.6. The van der Waals surface area contributed by atoms with E-state index in [4.69, 9.17) is 7.85 Å². The number of aromatic nitrogens is 1. The predicted octanol–water partition coefficient (Wildman–Crippen LogP) is 9.55. The minimum atomic E-state index is -0.521. The van der Waals surface area contributed by atoms with Gasteiger partial charge in [0.25, 0.3) is 0 Å². The summed E-state index contributed by atoms with van der Waals surface area (Å²) in [5, 5.41) is 38.8. The van der Waals surface area contributed by atoms with Crippen molar-refractivity contribution in [1.29, 1.82) is 0 Å². The van der Waals surface area contributed by atoms with E-state index in [0.717, 1.165) is 70.6 Å². The minimum absolute atomic E-state index is 0.234. The molecule has 216 valence electrons. The molecule has 0 aliphatic rings. The van der Waals surface area contributed by atoms with Crippen molar-refractivity contribution in [1.82, 2.24) is 4.57 Å². The standard InChI is InChI=1S/C40H24BNO3S/c41-35-37(44)36(43)34-33-32-28-18-17-25(22-9-3-1-4-10-22)20-30(28)42(27-13-5-2-6-14-27)31(32)21-29(39(33)46-40(34)38(35)45)26-16-15-23-11-7-8-12-24(23)19-26/h1-21,43-45H. The molecule has 0 saturated heterocycles. The second-order valence-electron chi connectivity index (χ2n) is 11.6. The third kappa shape index (κ3) is 3.74. The van der Waals surface area contributed by atoms with Crippen LogP contribution in [0.2, 0.25) is 0 Å². The molecule has 7 aromatic carbocycles. The first kappa shape index (κ1) is 26.7. The van der Waals surface area contributed by atoms with Crippen molar-refractivity contribution in [3.8, 4) is 45.2 Å². The average molecular weight is 610 g/mol. The highest BCUT2D eigenvalue weighted by Crippen LogP contribution is 2.53. The number of hydrogen-bond donors (Lipinski definition) is 3. The summed E-state index contributed by atoms with van der Waals surface area (Å²) in [7, 11) is 6.08. The average Bonchev–Trinajstić information content (AvgIpc) is 3.66. The summed E-state index contributed by atoms with van der Waals surface area (Å²) in [5.74, 6) is -1.09. The first-order valence-corrected chi connectivity index (χ1v) is 15.8. The lowest BCUT2D eigenvalue weighted by atomic mass is 9.90. The summed E-state index contributed by atoms with van der Waals surface area (Å²) in [4.78, 5) is 0. The van der Waals surface area contributed by atoms with Crippen LogP contribution in [-0.4, -0.2) is 27.7 Å². The quantitative estimate of drug-likeness (QED) is 0.106. The minimum Gasteiger partial charge on any atom is -0.507 e. The van der Waals surface area contributed by atoms with Gasteiger partial charge in [-0.05, 0) is 63.3 Å². The van der Waals surface area contributed by atoms with Gasteiger partial charge in [0.1, 0.15) is 13.6 Å². The first-order chi connectivity index (χ1) is 22.5. The van der Waals surface area contributed by atoms with E-state index in [9.17, 15) is 15.3 Å². The number of phenolic OH excluding ortho intramolecular Hbond substituents is 3. The molecule has 0 atom stereocenters. The summed E-state index contributed by atoms with van der Waals surface area (Å²) < 4.78 is 3.57. The van der Waals surface area contributed by atoms with E-state index in [1.54, 1.807) is 0 Å². The van der Waals surface area contributed by atoms with Gasteiger partial charge in [0.15, 0.2) is 11.5 Å². The van der Waals surface area contributed by atoms with Crippen LogP contribution in [0.4, 0.5) is 0 Å². The predicted molar refractivity (Wildman–Crippen MR) is 192 cm³/mol. The molecule has 0 unspecified atom stereocenters. The van der Waals surface area contributed by atoms with Crippen LogP contribution in [0, 0.1) is 0 Å². The maximum atomic E-state index is 11.5. The SMILES string of the molecule is [B]c1c(O)c(O)c2c(sc3c(-c4ccc5ccccc5c4)cc4c(c5ccc(-c6ccccc6)cc5n4-c4ccccc4)c32)c1O. The maximum Gasteiger partial charge on any atom is 0.166 e. The van der Waals surface area contributed by atoms with Crippen molar-refractivity contribution in [2.24, 2.45) is 0 Å². The van der Waals surface area contributed by atoms with E-state index in [1.807, 2.05) is 48.5 Å². The molecule has 0 spiro atoms. The van der Waals surface area contributed by atoms with Crippen molar-refractivity contribution in [2.45, 2.75) is 0 Å². The molecule has 2 heterocycles. The van der Waals surface area contributed by atoms with Gasteiger partial charge in [-0.1, -0.05) is 97.1 Å². The molecule has 6 heteroatoms. The molecule has 2 aromatic heterocycles. The van der Waals surface area contributed by atoms with Crippen molar-refractivity contribution in [2.75, 3.05) is 0 Å². The summed E-state index contributed by atoms with van der Waals surface area (Å²) in [6, 6.07) is 43.9. The van der Waals surface area contributed by atoms with Crippen LogP contribution < -0.4 is 5.46 Å². The van der Waals surface area contributed by atoms with Crippen molar-refractivity contribution < 1.29 is 15.3 Å². The number of para-hydroxylation sites is 1. The molecule has 3 N–H and O–H groups in total. The van der Waals surface area contributed by atoms with Gasteiger partial charge >= 0.3 is 0 Å². The van der Waals surface area contributed by atoms with Gasteiger partial charge in [-0.25, -0.2) is 0 Å². The third-order valence-electron chi connectivity index (χ3n) is 9.06. The molecule has 0 saturated carbocycles. The zero-order chi connectivity index (χ0) is 31.1. The van der Waals surface area contributed by atoms with Crippen molar-refractivity contribution in [3.63, 3.8) is 0 Å². The van der Waals surface area contributed by atoms with Gasteiger partial charge in [0.05, 0.1) is 21.1 Å². The zero-order valence-corrected chi connectivity index (χ0v) is 25.2. The molecule has 0 fully saturated rings. The Kier molecular flexibility index (Phi) is 5.74. The van der Waals surface area contributed by atoms with E-state index in [2.05, 4.69) is 83.4 Å². The lowest BCUT2D eigenvalue weighted by Gasteiger charge is -2.12. The fourth-order valence-electron chi connectivity index (χ4n) is 6.88. The van der Waals surface area contributed by atoms with Crippen LogP contribution in [0.1, 0.15) is 0 Å². The number of hydrogen-bond acceptors (Lipinski definition) is 4. The maximum absolute atomic E-state index is 11.5. The lowest BCUT2D eigenvalue weighted by Crippen LogP contribution is -2.03. The van der Waals surface area contributed by atoms with E-state index in [-0.39, 0.29) is 17.0 Å². The largest absolute Gasteiger partial charge is 0.507 e. The Hall–Kier alpha value is -5.72. The van der Waals surface area contributed by atoms with E-state index < -0.39 is 5.75 Å². The Morgan fingerprint density at radius 3 is 1.98 bits per heavy atom. The molecule has 0 aliphatic carbocycles. The third-order valence-corrected chi connectivity index (χ3v) is 10.3. The number of fused-ring (bicyclic) bond motifs is 8. The van der Waals surface area contributed by atoms with Gasteiger partial charge in [-0.2, -0.15) is 0 Å². The van der Waals surface area contributed by atoms with Crippen LogP contribution in [0.3, 0.4) is 0 Å². The monoisotopic (exact) mass is 609 g/mol. The van der Waals surface area contributed by atoms with Crippen LogP contribution in [0.15, 0.2) is 127 Å². The van der Waals surface area contributed by atoms with Gasteiger partial charge in [0, 0.05) is 32.1 Å². The summed E-state index contributed by atoms with van der Waals surface area (Å²) in [6.07, 6.45) is 0. The molecule has 0 aliphatic heterocycles. The Balaban J connectivity index is 1.52. The lowest BCUT2D eigenvalue weighted by molar-refractivity contribution is 0.407. The normalized spacial score (nSPS) is 11.8. The topological polar surface area (TPSA) is 65.6 Å². The zero-order valence-electron chi connectivity index (χ0n) is 24.4. The summed E-state index contributed by atoms with van der Waals surface area (Å²) in [5.41, 5.74) is 6.85. The highest BCUT2D eigenvalue weighted by atomic mass is 32.1. The Bertz CT molecular complexity index is 2680. The number of benzene rings is 7. The summed E-state index contributed by atoms with van der Waals surface area (Å²) >= 11 is 1.37. The van der Waals surface area contributed by atoms with Crippen LogP contribution >= 0.6 is 11.3 Å². The molecule has 0 bridgehead atoms. The van der Waals surface area contributed by atoms with Gasteiger partial charge < -0.3 is 19.9 Å². The van der Waals surface area contributed by atoms with E-state index in [0.29, 0.717) is 10.1 Å². The smallest absolute Gasteiger partial charge is 0.166 e. The molecular weight excluding hydrogens is 585 g/mol. The molecule has 0 amide bonds. The molecule has 9 rings (SSSR count). The number of aromatic hydroxyl groups is 3. The number of phenols is 3. The van der Waals surface area contributed by atoms with Crippen LogP contribution in [-0.2, 0) is 0 Å². The van der Waals surface area contributed by atoms with Crippen molar-refractivity contribution in [3.05, 3.63) is 127 Å². The fraction of sp³-hybridized carbons (Fsp3) is 0. The van der Waals surface area contributed by atoms with Crippen LogP contribution in [0.5, 0.6) is 17.2 Å². The number of nitrogens with zero attached hydrogens (tertiary/aromatic N) is 1.